The first-order valence-electron chi connectivity index (χ1n) is 5.72. The Morgan fingerprint density at radius 2 is 1.77 bits per heavy atom. The van der Waals surface area contributed by atoms with E-state index in [-0.39, 0.29) is 0 Å². The smallest absolute Gasteiger partial charge is 0.00388 e. The maximum Gasteiger partial charge on any atom is 0.00388 e. The van der Waals surface area contributed by atoms with Crippen LogP contribution in [0.4, 0.5) is 0 Å². The van der Waals surface area contributed by atoms with Crippen molar-refractivity contribution in [2.24, 2.45) is 5.92 Å². The fourth-order valence-corrected chi connectivity index (χ4v) is 2.48. The van der Waals surface area contributed by atoms with Crippen LogP contribution in [0.3, 0.4) is 0 Å². The third kappa shape index (κ3) is 2.23. The number of rotatable bonds is 3. The summed E-state index contributed by atoms with van der Waals surface area (Å²) in [4.78, 5) is 5.21. The van der Waals surface area contributed by atoms with Gasteiger partial charge in [0, 0.05) is 25.7 Å². The van der Waals surface area contributed by atoms with Crippen molar-refractivity contribution in [1.82, 2.24) is 9.80 Å². The molecule has 0 atom stereocenters. The highest BCUT2D eigenvalue weighted by molar-refractivity contribution is 4.85. The van der Waals surface area contributed by atoms with Crippen LogP contribution in [-0.4, -0.2) is 48.6 Å². The van der Waals surface area contributed by atoms with E-state index in [9.17, 15) is 0 Å². The van der Waals surface area contributed by atoms with Gasteiger partial charge in [-0.05, 0) is 45.7 Å². The summed E-state index contributed by atoms with van der Waals surface area (Å²) in [5, 5.41) is 0. The van der Waals surface area contributed by atoms with Crippen molar-refractivity contribution in [3.8, 4) is 0 Å². The highest BCUT2D eigenvalue weighted by Crippen LogP contribution is 2.21. The summed E-state index contributed by atoms with van der Waals surface area (Å²) < 4.78 is 0. The van der Waals surface area contributed by atoms with Crippen LogP contribution in [0.25, 0.3) is 0 Å². The van der Waals surface area contributed by atoms with E-state index >= 15 is 0 Å². The molecular formula is C11H22N2. The van der Waals surface area contributed by atoms with Gasteiger partial charge in [0.25, 0.3) is 0 Å². The van der Waals surface area contributed by atoms with Gasteiger partial charge in [0.05, 0.1) is 0 Å². The highest BCUT2D eigenvalue weighted by atomic mass is 15.2. The van der Waals surface area contributed by atoms with Gasteiger partial charge in [-0.15, -0.1) is 0 Å². The summed E-state index contributed by atoms with van der Waals surface area (Å²) in [6, 6.07) is 0.759. The standard InChI is InChI=1S/C11H22N2/c1-10(2)13-8-11(9-13)7-12-5-3-4-6-12/h10-11H,3-9H2,1-2H3. The molecule has 0 unspecified atom stereocenters. The Bertz CT molecular complexity index is 155. The molecule has 2 aliphatic rings. The predicted octanol–water partition coefficient (Wildman–Crippen LogP) is 1.42. The van der Waals surface area contributed by atoms with Gasteiger partial charge in [0.15, 0.2) is 0 Å². The second kappa shape index (κ2) is 3.97. The lowest BCUT2D eigenvalue weighted by molar-refractivity contribution is 0.0472. The van der Waals surface area contributed by atoms with E-state index in [0.29, 0.717) is 0 Å². The molecule has 0 aromatic carbocycles. The largest absolute Gasteiger partial charge is 0.303 e. The Kier molecular flexibility index (Phi) is 2.89. The lowest BCUT2D eigenvalue weighted by Crippen LogP contribution is -2.53. The fourth-order valence-electron chi connectivity index (χ4n) is 2.48. The first-order chi connectivity index (χ1) is 6.25. The number of nitrogens with zero attached hydrogens (tertiary/aromatic N) is 2. The summed E-state index contributed by atoms with van der Waals surface area (Å²) in [7, 11) is 0. The van der Waals surface area contributed by atoms with Crippen molar-refractivity contribution in [3.05, 3.63) is 0 Å². The van der Waals surface area contributed by atoms with Crippen LogP contribution in [0.2, 0.25) is 0 Å². The third-order valence-electron chi connectivity index (χ3n) is 3.43. The maximum atomic E-state index is 2.64. The fraction of sp³-hybridized carbons (Fsp3) is 1.00. The van der Waals surface area contributed by atoms with E-state index in [2.05, 4.69) is 23.6 Å². The van der Waals surface area contributed by atoms with Crippen LogP contribution in [0.1, 0.15) is 26.7 Å². The second-order valence-electron chi connectivity index (χ2n) is 4.92. The van der Waals surface area contributed by atoms with Crippen LogP contribution in [-0.2, 0) is 0 Å². The monoisotopic (exact) mass is 182 g/mol. The molecule has 2 rings (SSSR count). The van der Waals surface area contributed by atoms with Crippen LogP contribution >= 0.6 is 0 Å². The molecule has 0 saturated carbocycles. The van der Waals surface area contributed by atoms with E-state index in [4.69, 9.17) is 0 Å². The van der Waals surface area contributed by atoms with Gasteiger partial charge in [-0.3, -0.25) is 0 Å². The molecule has 0 aliphatic carbocycles. The Hall–Kier alpha value is -0.0800. The van der Waals surface area contributed by atoms with Crippen molar-refractivity contribution < 1.29 is 0 Å². The van der Waals surface area contributed by atoms with Gasteiger partial charge >= 0.3 is 0 Å². The molecule has 2 aliphatic heterocycles. The Morgan fingerprint density at radius 3 is 2.31 bits per heavy atom. The topological polar surface area (TPSA) is 6.48 Å². The SMILES string of the molecule is CC(C)N1CC(CN2CCCC2)C1. The molecule has 2 heteroatoms. The minimum absolute atomic E-state index is 0.759. The molecule has 2 fully saturated rings. The quantitative estimate of drug-likeness (QED) is 0.651. The molecular weight excluding hydrogens is 160 g/mol. The molecule has 0 amide bonds. The maximum absolute atomic E-state index is 2.64. The molecule has 2 nitrogen and oxygen atoms in total. The molecule has 13 heavy (non-hydrogen) atoms. The molecule has 0 bridgehead atoms. The molecule has 2 saturated heterocycles. The summed E-state index contributed by atoms with van der Waals surface area (Å²) in [6.07, 6.45) is 2.86. The summed E-state index contributed by atoms with van der Waals surface area (Å²) in [6.45, 7) is 11.4. The van der Waals surface area contributed by atoms with Crippen LogP contribution < -0.4 is 0 Å². The van der Waals surface area contributed by atoms with E-state index in [1.165, 1.54) is 45.6 Å². The minimum atomic E-state index is 0.759. The molecule has 0 aromatic heterocycles. The van der Waals surface area contributed by atoms with Crippen molar-refractivity contribution in [2.45, 2.75) is 32.7 Å². The summed E-state index contributed by atoms with van der Waals surface area (Å²) >= 11 is 0. The van der Waals surface area contributed by atoms with Crippen LogP contribution in [0.15, 0.2) is 0 Å². The Morgan fingerprint density at radius 1 is 1.15 bits per heavy atom. The van der Waals surface area contributed by atoms with E-state index in [1.54, 1.807) is 0 Å². The van der Waals surface area contributed by atoms with E-state index in [1.807, 2.05) is 0 Å². The molecule has 0 spiro atoms. The third-order valence-corrected chi connectivity index (χ3v) is 3.43. The molecule has 76 valence electrons. The second-order valence-corrected chi connectivity index (χ2v) is 4.92. The molecule has 0 radical (unpaired) electrons. The molecule has 2 heterocycles. The van der Waals surface area contributed by atoms with Crippen LogP contribution in [0, 0.1) is 5.92 Å². The Balaban J connectivity index is 1.63. The Labute approximate surface area is 81.9 Å². The normalized spacial score (nSPS) is 27.0. The van der Waals surface area contributed by atoms with Gasteiger partial charge < -0.3 is 9.80 Å². The van der Waals surface area contributed by atoms with Crippen molar-refractivity contribution in [3.63, 3.8) is 0 Å². The predicted molar refractivity (Wildman–Crippen MR) is 55.9 cm³/mol. The first kappa shape index (κ1) is 9.47. The molecule has 0 N–H and O–H groups in total. The zero-order chi connectivity index (χ0) is 9.26. The zero-order valence-electron chi connectivity index (χ0n) is 9.00. The first-order valence-corrected chi connectivity index (χ1v) is 5.72. The summed E-state index contributed by atoms with van der Waals surface area (Å²) in [5.41, 5.74) is 0. The molecule has 0 aromatic rings. The van der Waals surface area contributed by atoms with Gasteiger partial charge in [0.1, 0.15) is 0 Å². The average Bonchev–Trinajstić information content (AvgIpc) is 2.46. The average molecular weight is 182 g/mol. The van der Waals surface area contributed by atoms with Crippen LogP contribution in [0.5, 0.6) is 0 Å². The van der Waals surface area contributed by atoms with Crippen molar-refractivity contribution in [2.75, 3.05) is 32.7 Å². The van der Waals surface area contributed by atoms with Gasteiger partial charge in [0.2, 0.25) is 0 Å². The van der Waals surface area contributed by atoms with Crippen molar-refractivity contribution >= 4 is 0 Å². The minimum Gasteiger partial charge on any atom is -0.303 e. The van der Waals surface area contributed by atoms with E-state index < -0.39 is 0 Å². The lowest BCUT2D eigenvalue weighted by Gasteiger charge is -2.43. The highest BCUT2D eigenvalue weighted by Gasteiger charge is 2.30. The van der Waals surface area contributed by atoms with E-state index in [0.717, 1.165) is 12.0 Å². The zero-order valence-corrected chi connectivity index (χ0v) is 9.00. The van der Waals surface area contributed by atoms with Gasteiger partial charge in [-0.1, -0.05) is 0 Å². The van der Waals surface area contributed by atoms with Gasteiger partial charge in [-0.2, -0.15) is 0 Å². The number of likely N-dealkylation sites (tertiary alicyclic amines) is 2. The number of hydrogen-bond donors (Lipinski definition) is 0. The van der Waals surface area contributed by atoms with Crippen molar-refractivity contribution in [1.29, 1.82) is 0 Å². The lowest BCUT2D eigenvalue weighted by atomic mass is 9.98. The summed E-state index contributed by atoms with van der Waals surface area (Å²) in [5.74, 6) is 0.973. The van der Waals surface area contributed by atoms with Gasteiger partial charge in [-0.25, -0.2) is 0 Å². The number of hydrogen-bond acceptors (Lipinski definition) is 2.